The maximum absolute atomic E-state index is 5.90. The van der Waals surface area contributed by atoms with Crippen LogP contribution in [0, 0.1) is 5.41 Å². The van der Waals surface area contributed by atoms with Crippen LogP contribution in [-0.2, 0) is 0 Å². The third kappa shape index (κ3) is 4.87. The van der Waals surface area contributed by atoms with Crippen LogP contribution in [0.4, 0.5) is 0 Å². The molecule has 108 valence electrons. The lowest BCUT2D eigenvalue weighted by atomic mass is 9.82. The first-order chi connectivity index (χ1) is 9.00. The van der Waals surface area contributed by atoms with E-state index in [2.05, 4.69) is 58.1 Å². The zero-order valence-electron chi connectivity index (χ0n) is 13.1. The number of hydrogen-bond donors (Lipinski definition) is 1. The minimum absolute atomic E-state index is 0.168. The Morgan fingerprint density at radius 3 is 2.37 bits per heavy atom. The molecular weight excluding hydrogens is 234 g/mol. The van der Waals surface area contributed by atoms with Gasteiger partial charge in [0.1, 0.15) is 5.75 Å². The minimum Gasteiger partial charge on any atom is -0.493 e. The Labute approximate surface area is 118 Å². The fourth-order valence-electron chi connectivity index (χ4n) is 2.23. The van der Waals surface area contributed by atoms with Crippen LogP contribution in [0.25, 0.3) is 0 Å². The highest BCUT2D eigenvalue weighted by molar-refractivity contribution is 5.37. The number of benzene rings is 1. The Balaban J connectivity index is 3.00. The molecule has 1 aromatic rings. The number of rotatable bonds is 7. The molecule has 0 fully saturated rings. The molecule has 0 radical (unpaired) electrons. The minimum atomic E-state index is 0.168. The molecule has 2 nitrogen and oxygen atoms in total. The Hall–Kier alpha value is -1.02. The summed E-state index contributed by atoms with van der Waals surface area (Å²) < 4.78 is 5.90. The van der Waals surface area contributed by atoms with Crippen molar-refractivity contribution in [3.63, 3.8) is 0 Å². The molecule has 0 saturated heterocycles. The topological polar surface area (TPSA) is 21.3 Å². The van der Waals surface area contributed by atoms with Crippen LogP contribution >= 0.6 is 0 Å². The normalized spacial score (nSPS) is 13.3. The van der Waals surface area contributed by atoms with Crippen molar-refractivity contribution in [3.05, 3.63) is 29.8 Å². The van der Waals surface area contributed by atoms with Crippen molar-refractivity contribution in [2.24, 2.45) is 5.41 Å². The standard InChI is InChI=1S/C17H29NO/c1-6-12-18-16(17(3,4)5)14-10-8-9-11-15(14)19-13-7-2/h8-11,16,18H,6-7,12-13H2,1-5H3. The van der Waals surface area contributed by atoms with Crippen molar-refractivity contribution in [1.29, 1.82) is 0 Å². The predicted molar refractivity (Wildman–Crippen MR) is 82.7 cm³/mol. The van der Waals surface area contributed by atoms with Gasteiger partial charge in [-0.2, -0.15) is 0 Å². The van der Waals surface area contributed by atoms with E-state index in [-0.39, 0.29) is 5.41 Å². The van der Waals surface area contributed by atoms with E-state index in [1.54, 1.807) is 0 Å². The monoisotopic (exact) mass is 263 g/mol. The number of nitrogens with one attached hydrogen (secondary N) is 1. The van der Waals surface area contributed by atoms with Crippen molar-refractivity contribution >= 4 is 0 Å². The maximum Gasteiger partial charge on any atom is 0.124 e. The van der Waals surface area contributed by atoms with Crippen molar-refractivity contribution in [1.82, 2.24) is 5.32 Å². The van der Waals surface area contributed by atoms with E-state index in [9.17, 15) is 0 Å². The molecule has 1 aromatic carbocycles. The highest BCUT2D eigenvalue weighted by atomic mass is 16.5. The molecule has 19 heavy (non-hydrogen) atoms. The summed E-state index contributed by atoms with van der Waals surface area (Å²) in [6.07, 6.45) is 2.18. The Morgan fingerprint density at radius 1 is 1.11 bits per heavy atom. The Bertz CT molecular complexity index is 368. The van der Waals surface area contributed by atoms with E-state index < -0.39 is 0 Å². The largest absolute Gasteiger partial charge is 0.493 e. The predicted octanol–water partition coefficient (Wildman–Crippen LogP) is 4.56. The summed E-state index contributed by atoms with van der Waals surface area (Å²) in [7, 11) is 0. The highest BCUT2D eigenvalue weighted by Gasteiger charge is 2.27. The lowest BCUT2D eigenvalue weighted by molar-refractivity contribution is 0.255. The van der Waals surface area contributed by atoms with Gasteiger partial charge >= 0.3 is 0 Å². The summed E-state index contributed by atoms with van der Waals surface area (Å²) in [5.74, 6) is 1.02. The second-order valence-corrected chi connectivity index (χ2v) is 6.14. The SMILES string of the molecule is CCCNC(c1ccccc1OCCC)C(C)(C)C. The molecule has 0 saturated carbocycles. The van der Waals surface area contributed by atoms with Gasteiger partial charge < -0.3 is 10.1 Å². The summed E-state index contributed by atoms with van der Waals surface area (Å²) >= 11 is 0. The molecule has 0 spiro atoms. The summed E-state index contributed by atoms with van der Waals surface area (Å²) in [5.41, 5.74) is 1.44. The fraction of sp³-hybridized carbons (Fsp3) is 0.647. The fourth-order valence-corrected chi connectivity index (χ4v) is 2.23. The van der Waals surface area contributed by atoms with Gasteiger partial charge in [0.15, 0.2) is 0 Å². The van der Waals surface area contributed by atoms with Crippen LogP contribution in [0.5, 0.6) is 5.75 Å². The quantitative estimate of drug-likeness (QED) is 0.778. The van der Waals surface area contributed by atoms with E-state index in [0.29, 0.717) is 6.04 Å². The molecule has 0 heterocycles. The molecule has 0 amide bonds. The van der Waals surface area contributed by atoms with E-state index in [1.165, 1.54) is 5.56 Å². The van der Waals surface area contributed by atoms with Crippen molar-refractivity contribution < 1.29 is 4.74 Å². The summed E-state index contributed by atoms with van der Waals surface area (Å²) in [5, 5.41) is 3.66. The molecule has 0 aliphatic rings. The number of para-hydroxylation sites is 1. The Morgan fingerprint density at radius 2 is 1.79 bits per heavy atom. The lowest BCUT2D eigenvalue weighted by Gasteiger charge is -2.33. The molecular formula is C17H29NO. The zero-order chi connectivity index (χ0) is 14.3. The second kappa shape index (κ2) is 7.54. The van der Waals surface area contributed by atoms with E-state index in [4.69, 9.17) is 4.74 Å². The van der Waals surface area contributed by atoms with Crippen molar-refractivity contribution in [2.45, 2.75) is 53.5 Å². The van der Waals surface area contributed by atoms with E-state index >= 15 is 0 Å². The first-order valence-corrected chi connectivity index (χ1v) is 7.45. The third-order valence-corrected chi connectivity index (χ3v) is 3.16. The highest BCUT2D eigenvalue weighted by Crippen LogP contribution is 2.37. The van der Waals surface area contributed by atoms with E-state index in [1.807, 2.05) is 6.07 Å². The van der Waals surface area contributed by atoms with Gasteiger partial charge in [0.05, 0.1) is 6.61 Å². The van der Waals surface area contributed by atoms with Gasteiger partial charge in [0.2, 0.25) is 0 Å². The molecule has 1 rings (SSSR count). The van der Waals surface area contributed by atoms with E-state index in [0.717, 1.165) is 31.7 Å². The summed E-state index contributed by atoms with van der Waals surface area (Å²) in [6.45, 7) is 13.0. The first-order valence-electron chi connectivity index (χ1n) is 7.45. The second-order valence-electron chi connectivity index (χ2n) is 6.14. The van der Waals surface area contributed by atoms with Crippen LogP contribution in [-0.4, -0.2) is 13.2 Å². The first kappa shape index (κ1) is 16.0. The lowest BCUT2D eigenvalue weighted by Crippen LogP contribution is -2.33. The number of hydrogen-bond acceptors (Lipinski definition) is 2. The van der Waals surface area contributed by atoms with Crippen LogP contribution in [0.1, 0.15) is 59.1 Å². The summed E-state index contributed by atoms with van der Waals surface area (Å²) in [6, 6.07) is 8.73. The van der Waals surface area contributed by atoms with Gasteiger partial charge in [0.25, 0.3) is 0 Å². The number of ether oxygens (including phenoxy) is 1. The maximum atomic E-state index is 5.90. The van der Waals surface area contributed by atoms with Crippen LogP contribution in [0.3, 0.4) is 0 Å². The van der Waals surface area contributed by atoms with Crippen LogP contribution in [0.2, 0.25) is 0 Å². The Kier molecular flexibility index (Phi) is 6.36. The molecule has 0 bridgehead atoms. The van der Waals surface area contributed by atoms with Gasteiger partial charge in [-0.3, -0.25) is 0 Å². The summed E-state index contributed by atoms with van der Waals surface area (Å²) in [4.78, 5) is 0. The molecule has 2 heteroatoms. The van der Waals surface area contributed by atoms with Crippen LogP contribution < -0.4 is 10.1 Å². The molecule has 1 N–H and O–H groups in total. The average Bonchev–Trinajstić information content (AvgIpc) is 2.36. The molecule has 1 atom stereocenters. The van der Waals surface area contributed by atoms with Gasteiger partial charge in [0, 0.05) is 11.6 Å². The average molecular weight is 263 g/mol. The molecule has 1 unspecified atom stereocenters. The zero-order valence-corrected chi connectivity index (χ0v) is 13.1. The molecule has 0 aromatic heterocycles. The molecule has 0 aliphatic carbocycles. The van der Waals surface area contributed by atoms with Gasteiger partial charge in [-0.25, -0.2) is 0 Å². The smallest absolute Gasteiger partial charge is 0.124 e. The van der Waals surface area contributed by atoms with Gasteiger partial charge in [-0.15, -0.1) is 0 Å². The van der Waals surface area contributed by atoms with Gasteiger partial charge in [-0.05, 0) is 30.9 Å². The van der Waals surface area contributed by atoms with Crippen molar-refractivity contribution in [2.75, 3.05) is 13.2 Å². The van der Waals surface area contributed by atoms with Gasteiger partial charge in [-0.1, -0.05) is 52.8 Å². The van der Waals surface area contributed by atoms with Crippen LogP contribution in [0.15, 0.2) is 24.3 Å². The third-order valence-electron chi connectivity index (χ3n) is 3.16. The van der Waals surface area contributed by atoms with Crippen molar-refractivity contribution in [3.8, 4) is 5.75 Å². The molecule has 0 aliphatic heterocycles.